The molecule has 3 aromatic carbocycles. The molecule has 0 spiro atoms. The fraction of sp³-hybridized carbons (Fsp3) is 0.286. The predicted octanol–water partition coefficient (Wildman–Crippen LogP) is 10.2. The van der Waals surface area contributed by atoms with Gasteiger partial charge in [-0.2, -0.15) is 4.57 Å². The molecule has 0 bridgehead atoms. The Morgan fingerprint density at radius 3 is 2.07 bits per heavy atom. The minimum atomic E-state index is -0.190. The zero-order chi connectivity index (χ0) is 30.7. The lowest BCUT2D eigenvalue weighted by atomic mass is 9.73. The first-order chi connectivity index (χ1) is 21.5. The monoisotopic (exact) mass is 578 g/mol. The number of benzene rings is 3. The summed E-state index contributed by atoms with van der Waals surface area (Å²) in [5.74, 6) is 0.483. The highest BCUT2D eigenvalue weighted by atomic mass is 15.1. The van der Waals surface area contributed by atoms with Crippen molar-refractivity contribution in [1.29, 1.82) is 0 Å². The van der Waals surface area contributed by atoms with Gasteiger partial charge in [0.2, 0.25) is 11.4 Å². The molecule has 1 unspecified atom stereocenters. The number of aryl methyl sites for hydroxylation is 1. The van der Waals surface area contributed by atoms with Crippen LogP contribution in [0.5, 0.6) is 0 Å². The highest BCUT2D eigenvalue weighted by Crippen LogP contribution is 2.47. The van der Waals surface area contributed by atoms with E-state index in [1.807, 2.05) is 0 Å². The van der Waals surface area contributed by atoms with Gasteiger partial charge in [0.05, 0.1) is 11.1 Å². The van der Waals surface area contributed by atoms with E-state index in [2.05, 4.69) is 165 Å². The van der Waals surface area contributed by atoms with Crippen LogP contribution in [0.3, 0.4) is 0 Å². The smallest absolute Gasteiger partial charge is 0.201 e. The van der Waals surface area contributed by atoms with E-state index >= 15 is 0 Å². The van der Waals surface area contributed by atoms with Crippen molar-refractivity contribution in [1.82, 2.24) is 0 Å². The van der Waals surface area contributed by atoms with Crippen molar-refractivity contribution >= 4 is 11.6 Å². The molecule has 6 rings (SSSR count). The lowest BCUT2D eigenvalue weighted by Gasteiger charge is -2.36. The van der Waals surface area contributed by atoms with Gasteiger partial charge < -0.3 is 0 Å². The number of unbranched alkanes of at least 4 members (excludes halogenated alkanes) is 1. The van der Waals surface area contributed by atoms with Gasteiger partial charge in [-0.05, 0) is 58.9 Å². The van der Waals surface area contributed by atoms with Crippen molar-refractivity contribution in [2.24, 2.45) is 7.05 Å². The number of hydrogen-bond acceptors (Lipinski definition) is 0. The Kier molecular flexibility index (Phi) is 8.62. The fourth-order valence-electron chi connectivity index (χ4n) is 7.38. The van der Waals surface area contributed by atoms with Crippen LogP contribution in [0.15, 0.2) is 116 Å². The number of allylic oxidation sites excluding steroid dienone is 1. The maximum absolute atomic E-state index is 2.64. The summed E-state index contributed by atoms with van der Waals surface area (Å²) in [6.45, 7) is 9.45. The summed E-state index contributed by atoms with van der Waals surface area (Å²) in [7, 11) is 2.13. The molecular weight excluding hydrogens is 532 g/mol. The Bertz CT molecular complexity index is 1790. The Labute approximate surface area is 264 Å². The first-order valence-electron chi connectivity index (χ1n) is 16.5. The molecule has 3 heterocycles. The average Bonchev–Trinajstić information content (AvgIpc) is 3.08. The molecule has 0 radical (unpaired) electrons. The molecule has 0 saturated carbocycles. The standard InChI is InChI=1S/C42H46N2/c1-6-9-19-31(4)37-29-41-36-25-16-15-24-35(36)39(28-33-22-13-14-23-34(33)40-26-17-18-27-43(40)5)42(7-2,8-3)44(41)30-38(37)32-20-11-10-12-21-32/h10-18,20-31H,6-9,19H2,1-5H3/q+2. The quantitative estimate of drug-likeness (QED) is 0.154. The van der Waals surface area contributed by atoms with Crippen molar-refractivity contribution in [3.63, 3.8) is 0 Å². The lowest BCUT2D eigenvalue weighted by molar-refractivity contribution is -0.741. The Morgan fingerprint density at radius 2 is 1.36 bits per heavy atom. The van der Waals surface area contributed by atoms with Crippen molar-refractivity contribution in [2.75, 3.05) is 0 Å². The molecular formula is C42H46N2+2. The first kappa shape index (κ1) is 29.8. The molecule has 0 saturated heterocycles. The molecule has 2 heteroatoms. The Balaban J connectivity index is 1.65. The van der Waals surface area contributed by atoms with Crippen LogP contribution >= 0.6 is 0 Å². The van der Waals surface area contributed by atoms with Gasteiger partial charge in [0.1, 0.15) is 7.05 Å². The van der Waals surface area contributed by atoms with Crippen molar-refractivity contribution in [2.45, 2.75) is 71.3 Å². The summed E-state index contributed by atoms with van der Waals surface area (Å²) < 4.78 is 4.86. The molecule has 0 N–H and O–H groups in total. The Hall–Kier alpha value is -4.30. The molecule has 44 heavy (non-hydrogen) atoms. The van der Waals surface area contributed by atoms with E-state index in [4.69, 9.17) is 0 Å². The molecule has 222 valence electrons. The second-order valence-electron chi connectivity index (χ2n) is 12.4. The maximum atomic E-state index is 2.64. The highest BCUT2D eigenvalue weighted by molar-refractivity contribution is 5.94. The van der Waals surface area contributed by atoms with Crippen LogP contribution in [-0.2, 0) is 12.6 Å². The van der Waals surface area contributed by atoms with Gasteiger partial charge in [-0.3, -0.25) is 0 Å². The minimum Gasteiger partial charge on any atom is -0.201 e. The van der Waals surface area contributed by atoms with Crippen LogP contribution in [0, 0.1) is 0 Å². The second-order valence-corrected chi connectivity index (χ2v) is 12.4. The second kappa shape index (κ2) is 12.7. The number of pyridine rings is 2. The molecule has 2 aromatic heterocycles. The summed E-state index contributed by atoms with van der Waals surface area (Å²) in [6.07, 6.45) is 12.8. The fourth-order valence-corrected chi connectivity index (χ4v) is 7.38. The van der Waals surface area contributed by atoms with E-state index in [1.54, 1.807) is 0 Å². The number of rotatable bonds is 9. The van der Waals surface area contributed by atoms with Crippen LogP contribution in [-0.4, -0.2) is 0 Å². The van der Waals surface area contributed by atoms with Crippen LogP contribution in [0.25, 0.3) is 45.3 Å². The normalized spacial score (nSPS) is 15.1. The van der Waals surface area contributed by atoms with Gasteiger partial charge in [-0.15, -0.1) is 0 Å². The topological polar surface area (TPSA) is 7.76 Å². The van der Waals surface area contributed by atoms with E-state index in [0.29, 0.717) is 5.92 Å². The van der Waals surface area contributed by atoms with E-state index in [0.717, 1.165) is 12.8 Å². The van der Waals surface area contributed by atoms with Crippen LogP contribution < -0.4 is 9.13 Å². The van der Waals surface area contributed by atoms with Gasteiger partial charge in [0.25, 0.3) is 0 Å². The lowest BCUT2D eigenvalue weighted by Crippen LogP contribution is -2.59. The number of aromatic nitrogens is 2. The van der Waals surface area contributed by atoms with E-state index < -0.39 is 0 Å². The zero-order valence-electron chi connectivity index (χ0n) is 27.1. The molecule has 5 aromatic rings. The SMILES string of the molecule is CCCCC(C)c1cc2[n+](cc1-c1ccccc1)C(CC)(CC)C(=Cc1ccccc1-c1cccc[n+]1C)c1ccccc1-2. The molecule has 1 aliphatic heterocycles. The molecule has 0 aliphatic carbocycles. The van der Waals surface area contributed by atoms with Gasteiger partial charge in [-0.1, -0.05) is 107 Å². The summed E-state index contributed by atoms with van der Waals surface area (Å²) in [5.41, 5.74) is 13.1. The number of fused-ring (bicyclic) bond motifs is 3. The van der Waals surface area contributed by atoms with E-state index in [-0.39, 0.29) is 5.54 Å². The molecule has 1 aliphatic rings. The maximum Gasteiger partial charge on any atom is 0.214 e. The zero-order valence-corrected chi connectivity index (χ0v) is 27.1. The predicted molar refractivity (Wildman–Crippen MR) is 185 cm³/mol. The third-order valence-electron chi connectivity index (χ3n) is 9.94. The molecule has 0 amide bonds. The van der Waals surface area contributed by atoms with Gasteiger partial charge in [-0.25, -0.2) is 4.57 Å². The number of hydrogen-bond donors (Lipinski definition) is 0. The van der Waals surface area contributed by atoms with Crippen LogP contribution in [0.1, 0.15) is 82.4 Å². The highest BCUT2D eigenvalue weighted by Gasteiger charge is 2.48. The number of nitrogens with zero attached hydrogens (tertiary/aromatic N) is 2. The van der Waals surface area contributed by atoms with Crippen molar-refractivity contribution in [3.8, 4) is 33.6 Å². The van der Waals surface area contributed by atoms with Crippen molar-refractivity contribution in [3.05, 3.63) is 132 Å². The van der Waals surface area contributed by atoms with Gasteiger partial charge >= 0.3 is 0 Å². The van der Waals surface area contributed by atoms with Gasteiger partial charge in [0.15, 0.2) is 17.9 Å². The van der Waals surface area contributed by atoms with E-state index in [9.17, 15) is 0 Å². The van der Waals surface area contributed by atoms with Crippen molar-refractivity contribution < 1.29 is 9.13 Å². The minimum absolute atomic E-state index is 0.190. The largest absolute Gasteiger partial charge is 0.214 e. The van der Waals surface area contributed by atoms with E-state index in [1.165, 1.54) is 75.2 Å². The Morgan fingerprint density at radius 1 is 0.705 bits per heavy atom. The molecule has 2 nitrogen and oxygen atoms in total. The third-order valence-corrected chi connectivity index (χ3v) is 9.94. The summed E-state index contributed by atoms with van der Waals surface area (Å²) in [4.78, 5) is 0. The van der Waals surface area contributed by atoms with Crippen LogP contribution in [0.4, 0.5) is 0 Å². The summed E-state index contributed by atoms with van der Waals surface area (Å²) in [6, 6.07) is 38.0. The van der Waals surface area contributed by atoms with Crippen LogP contribution in [0.2, 0.25) is 0 Å². The summed E-state index contributed by atoms with van der Waals surface area (Å²) >= 11 is 0. The van der Waals surface area contributed by atoms with Gasteiger partial charge in [0, 0.05) is 42.2 Å². The average molecular weight is 579 g/mol. The third kappa shape index (κ3) is 5.21. The molecule has 0 fully saturated rings. The first-order valence-corrected chi connectivity index (χ1v) is 16.5. The summed E-state index contributed by atoms with van der Waals surface area (Å²) in [5, 5.41) is 0. The molecule has 1 atom stereocenters.